The Labute approximate surface area is 127 Å². The van der Waals surface area contributed by atoms with E-state index in [0.29, 0.717) is 0 Å². The molecule has 0 spiro atoms. The molecule has 21 heavy (non-hydrogen) atoms. The molecule has 2 N–H and O–H groups in total. The lowest BCUT2D eigenvalue weighted by atomic mass is 10.1. The van der Waals surface area contributed by atoms with Gasteiger partial charge in [0.15, 0.2) is 0 Å². The summed E-state index contributed by atoms with van der Waals surface area (Å²) in [5, 5.41) is 6.71. The Morgan fingerprint density at radius 1 is 0.952 bits per heavy atom. The van der Waals surface area contributed by atoms with Crippen LogP contribution in [0.4, 0.5) is 5.69 Å². The van der Waals surface area contributed by atoms with Gasteiger partial charge in [0.2, 0.25) is 0 Å². The van der Waals surface area contributed by atoms with Crippen molar-refractivity contribution in [3.8, 4) is 5.75 Å². The number of hydrogen-bond donors (Lipinski definition) is 2. The molecule has 3 nitrogen and oxygen atoms in total. The summed E-state index contributed by atoms with van der Waals surface area (Å²) in [6.45, 7) is 7.76. The molecule has 0 aliphatic rings. The van der Waals surface area contributed by atoms with E-state index in [9.17, 15) is 0 Å². The van der Waals surface area contributed by atoms with Crippen LogP contribution < -0.4 is 15.4 Å². The number of hydrogen-bond acceptors (Lipinski definition) is 3. The molecule has 3 heteroatoms. The van der Waals surface area contributed by atoms with Crippen molar-refractivity contribution in [2.24, 2.45) is 0 Å². The Bertz CT molecular complexity index is 532. The number of aryl methyl sites for hydroxylation is 1. The van der Waals surface area contributed by atoms with Gasteiger partial charge in [-0.2, -0.15) is 0 Å². The summed E-state index contributed by atoms with van der Waals surface area (Å²) in [7, 11) is 0. The lowest BCUT2D eigenvalue weighted by Crippen LogP contribution is -2.21. The number of ether oxygens (including phenoxy) is 1. The summed E-state index contributed by atoms with van der Waals surface area (Å²) in [6.07, 6.45) is 0.208. The molecule has 0 aromatic heterocycles. The fourth-order valence-corrected chi connectivity index (χ4v) is 2.00. The summed E-state index contributed by atoms with van der Waals surface area (Å²) >= 11 is 0. The fourth-order valence-electron chi connectivity index (χ4n) is 2.00. The molecule has 0 atom stereocenters. The summed E-state index contributed by atoms with van der Waals surface area (Å²) in [5.74, 6) is 0.906. The molecule has 0 bridgehead atoms. The highest BCUT2D eigenvalue weighted by Crippen LogP contribution is 2.16. The quantitative estimate of drug-likeness (QED) is 0.597. The largest absolute Gasteiger partial charge is 0.491 e. The van der Waals surface area contributed by atoms with Gasteiger partial charge in [-0.15, -0.1) is 0 Å². The van der Waals surface area contributed by atoms with Crippen molar-refractivity contribution >= 4 is 5.69 Å². The van der Waals surface area contributed by atoms with Gasteiger partial charge in [-0.25, -0.2) is 0 Å². The van der Waals surface area contributed by atoms with Crippen molar-refractivity contribution in [3.63, 3.8) is 0 Å². The van der Waals surface area contributed by atoms with E-state index in [-0.39, 0.29) is 6.10 Å². The van der Waals surface area contributed by atoms with E-state index >= 15 is 0 Å². The van der Waals surface area contributed by atoms with Crippen molar-refractivity contribution in [1.82, 2.24) is 5.32 Å². The van der Waals surface area contributed by atoms with Crippen LogP contribution in [-0.4, -0.2) is 12.8 Å². The van der Waals surface area contributed by atoms with Gasteiger partial charge in [-0.05, 0) is 50.6 Å². The fraction of sp³-hybridized carbons (Fsp3) is 0.333. The van der Waals surface area contributed by atoms with E-state index < -0.39 is 0 Å². The van der Waals surface area contributed by atoms with E-state index in [1.54, 1.807) is 0 Å². The highest BCUT2D eigenvalue weighted by Gasteiger charge is 1.98. The van der Waals surface area contributed by atoms with Crippen LogP contribution in [0.25, 0.3) is 0 Å². The molecule has 0 aliphatic carbocycles. The number of rotatable bonds is 7. The molecule has 0 radical (unpaired) electrons. The molecule has 0 aliphatic heterocycles. The molecular formula is C18H24N2O. The van der Waals surface area contributed by atoms with Crippen LogP contribution in [0.1, 0.15) is 25.0 Å². The van der Waals surface area contributed by atoms with Crippen LogP contribution in [0, 0.1) is 6.92 Å². The summed E-state index contributed by atoms with van der Waals surface area (Å²) in [4.78, 5) is 0. The van der Waals surface area contributed by atoms with Crippen molar-refractivity contribution in [2.75, 3.05) is 12.0 Å². The van der Waals surface area contributed by atoms with Crippen LogP contribution in [0.15, 0.2) is 48.5 Å². The molecule has 2 aromatic carbocycles. The van der Waals surface area contributed by atoms with Crippen LogP contribution >= 0.6 is 0 Å². The molecule has 0 heterocycles. The Balaban J connectivity index is 1.72. The Kier molecular flexibility index (Phi) is 5.64. The van der Waals surface area contributed by atoms with Gasteiger partial charge >= 0.3 is 0 Å². The van der Waals surface area contributed by atoms with Crippen molar-refractivity contribution in [2.45, 2.75) is 33.4 Å². The third kappa shape index (κ3) is 5.48. The first-order valence-corrected chi connectivity index (χ1v) is 7.40. The lowest BCUT2D eigenvalue weighted by Gasteiger charge is -2.11. The highest BCUT2D eigenvalue weighted by molar-refractivity contribution is 5.46. The zero-order chi connectivity index (χ0) is 15.1. The van der Waals surface area contributed by atoms with Gasteiger partial charge in [-0.1, -0.05) is 29.8 Å². The molecule has 0 saturated heterocycles. The van der Waals surface area contributed by atoms with Crippen molar-refractivity contribution in [3.05, 3.63) is 59.7 Å². The molecule has 112 valence electrons. The Hall–Kier alpha value is -2.00. The lowest BCUT2D eigenvalue weighted by molar-refractivity contribution is 0.242. The molecule has 0 unspecified atom stereocenters. The zero-order valence-corrected chi connectivity index (χ0v) is 13.0. The van der Waals surface area contributed by atoms with Gasteiger partial charge in [-0.3, -0.25) is 5.32 Å². The van der Waals surface area contributed by atoms with Crippen LogP contribution in [-0.2, 0) is 6.54 Å². The van der Waals surface area contributed by atoms with Crippen LogP contribution in [0.5, 0.6) is 5.75 Å². The Morgan fingerprint density at radius 3 is 2.24 bits per heavy atom. The Morgan fingerprint density at radius 2 is 1.62 bits per heavy atom. The van der Waals surface area contributed by atoms with E-state index in [0.717, 1.165) is 24.7 Å². The average Bonchev–Trinajstić information content (AvgIpc) is 2.46. The molecule has 0 fully saturated rings. The third-order valence-corrected chi connectivity index (χ3v) is 3.09. The van der Waals surface area contributed by atoms with Gasteiger partial charge in [0, 0.05) is 12.2 Å². The maximum Gasteiger partial charge on any atom is 0.119 e. The minimum Gasteiger partial charge on any atom is -0.491 e. The minimum atomic E-state index is 0.208. The maximum atomic E-state index is 5.62. The van der Waals surface area contributed by atoms with Crippen molar-refractivity contribution < 1.29 is 4.74 Å². The van der Waals surface area contributed by atoms with E-state index in [2.05, 4.69) is 41.8 Å². The SMILES string of the molecule is Cc1ccc(CNCNc2ccc(OC(C)C)cc2)cc1. The number of anilines is 1. The minimum absolute atomic E-state index is 0.208. The molecule has 0 saturated carbocycles. The second kappa shape index (κ2) is 7.70. The van der Waals surface area contributed by atoms with Gasteiger partial charge in [0.1, 0.15) is 5.75 Å². The monoisotopic (exact) mass is 284 g/mol. The molecular weight excluding hydrogens is 260 g/mol. The van der Waals surface area contributed by atoms with Crippen LogP contribution in [0.3, 0.4) is 0 Å². The van der Waals surface area contributed by atoms with Gasteiger partial charge < -0.3 is 10.1 Å². The first-order chi connectivity index (χ1) is 10.1. The van der Waals surface area contributed by atoms with Crippen LogP contribution in [0.2, 0.25) is 0 Å². The molecule has 2 rings (SSSR count). The summed E-state index contributed by atoms with van der Waals surface area (Å²) < 4.78 is 5.62. The molecule has 2 aromatic rings. The molecule has 0 amide bonds. The second-order valence-electron chi connectivity index (χ2n) is 5.46. The van der Waals surface area contributed by atoms with E-state index in [1.165, 1.54) is 11.1 Å². The first-order valence-electron chi connectivity index (χ1n) is 7.40. The smallest absolute Gasteiger partial charge is 0.119 e. The average molecular weight is 284 g/mol. The standard InChI is InChI=1S/C18H24N2O/c1-14(2)21-18-10-8-17(9-11-18)20-13-19-12-16-6-4-15(3)5-7-16/h4-11,14,19-20H,12-13H2,1-3H3. The predicted octanol–water partition coefficient (Wildman–Crippen LogP) is 3.94. The summed E-state index contributed by atoms with van der Waals surface area (Å²) in [5.41, 5.74) is 3.67. The topological polar surface area (TPSA) is 33.3 Å². The number of nitrogens with one attached hydrogen (secondary N) is 2. The van der Waals surface area contributed by atoms with Crippen molar-refractivity contribution in [1.29, 1.82) is 0 Å². The third-order valence-electron chi connectivity index (χ3n) is 3.09. The summed E-state index contributed by atoms with van der Waals surface area (Å²) in [6, 6.07) is 16.6. The zero-order valence-electron chi connectivity index (χ0n) is 13.0. The highest BCUT2D eigenvalue weighted by atomic mass is 16.5. The number of benzene rings is 2. The maximum absolute atomic E-state index is 5.62. The normalized spacial score (nSPS) is 10.7. The predicted molar refractivity (Wildman–Crippen MR) is 88.7 cm³/mol. The van der Waals surface area contributed by atoms with E-state index in [4.69, 9.17) is 4.74 Å². The van der Waals surface area contributed by atoms with Gasteiger partial charge in [0.05, 0.1) is 12.8 Å². The second-order valence-corrected chi connectivity index (χ2v) is 5.46. The van der Waals surface area contributed by atoms with E-state index in [1.807, 2.05) is 38.1 Å². The van der Waals surface area contributed by atoms with Gasteiger partial charge in [0.25, 0.3) is 0 Å². The first kappa shape index (κ1) is 15.4.